The number of fused-ring (bicyclic) bond motifs is 6. The Morgan fingerprint density at radius 3 is 2.03 bits per heavy atom. The highest BCUT2D eigenvalue weighted by Gasteiger charge is 2.59. The fourth-order valence-corrected chi connectivity index (χ4v) is 18.0. The predicted molar refractivity (Wildman–Crippen MR) is 408 cm³/mol. The van der Waals surface area contributed by atoms with Crippen LogP contribution < -0.4 is 36.1 Å². The van der Waals surface area contributed by atoms with Gasteiger partial charge in [0.05, 0.1) is 23.7 Å². The van der Waals surface area contributed by atoms with Crippen LogP contribution in [0.15, 0.2) is 188 Å². The molecule has 4 aliphatic carbocycles. The van der Waals surface area contributed by atoms with Crippen molar-refractivity contribution in [2.75, 3.05) is 32.1 Å². The summed E-state index contributed by atoms with van der Waals surface area (Å²) in [5.74, 6) is 3.77. The number of carbonyl (C=O) groups is 5. The molecule has 3 saturated carbocycles. The number of hydrogen-bond acceptors (Lipinski definition) is 12. The molecule has 17 nitrogen and oxygen atoms in total. The Hall–Kier alpha value is -9.19. The number of allylic oxidation sites excluding steroid dienone is 1. The number of nitrogens with zero attached hydrogens (tertiary/aromatic N) is 1. The van der Waals surface area contributed by atoms with Gasteiger partial charge in [0.15, 0.2) is 0 Å². The van der Waals surface area contributed by atoms with Gasteiger partial charge in [-0.05, 0) is 205 Å². The quantitative estimate of drug-likeness (QED) is 0.00483. The summed E-state index contributed by atoms with van der Waals surface area (Å²) in [6, 6.07) is 51.6. The van der Waals surface area contributed by atoms with Crippen molar-refractivity contribution >= 4 is 51.9 Å². The zero-order chi connectivity index (χ0) is 73.2. The molecule has 0 aromatic heterocycles. The molecule has 550 valence electrons. The largest absolute Gasteiger partial charge is 0.514 e. The third-order valence-corrected chi connectivity index (χ3v) is 23.5. The highest BCUT2D eigenvalue weighted by molar-refractivity contribution is 5.99. The number of ether oxygens (including phenoxy) is 4. The first-order valence-corrected chi connectivity index (χ1v) is 38.0. The third-order valence-electron chi connectivity index (χ3n) is 23.5. The number of nitro groups is 1. The van der Waals surface area contributed by atoms with Crippen LogP contribution in [0.25, 0.3) is 10.8 Å². The molecule has 3 fully saturated rings. The molecular weight excluding hydrogens is 1300 g/mol. The van der Waals surface area contributed by atoms with Crippen molar-refractivity contribution in [2.45, 2.75) is 181 Å². The molecule has 0 saturated heterocycles. The number of rotatable bonds is 34. The maximum Gasteiger partial charge on any atom is 0.514 e. The summed E-state index contributed by atoms with van der Waals surface area (Å²) in [4.78, 5) is 80.5. The van der Waals surface area contributed by atoms with Gasteiger partial charge in [-0.25, -0.2) is 4.79 Å². The van der Waals surface area contributed by atoms with Crippen LogP contribution in [0.5, 0.6) is 11.5 Å². The number of nitrogens with one attached hydrogen (secondary N) is 5. The Kier molecular flexibility index (Phi) is 25.9. The normalized spacial score (nSPS) is 21.4. The van der Waals surface area contributed by atoms with Gasteiger partial charge in [-0.1, -0.05) is 193 Å². The van der Waals surface area contributed by atoms with Crippen LogP contribution in [0.1, 0.15) is 172 Å². The van der Waals surface area contributed by atoms with Gasteiger partial charge in [-0.15, -0.1) is 0 Å². The summed E-state index contributed by atoms with van der Waals surface area (Å²) in [7, 11) is 1.64. The van der Waals surface area contributed by atoms with Gasteiger partial charge < -0.3 is 40.2 Å². The van der Waals surface area contributed by atoms with Crippen LogP contribution in [0.2, 0.25) is 0 Å². The topological polar surface area (TPSA) is 226 Å². The van der Waals surface area contributed by atoms with Gasteiger partial charge in [-0.3, -0.25) is 34.6 Å². The summed E-state index contributed by atoms with van der Waals surface area (Å²) >= 11 is 0. The molecule has 0 heterocycles. The summed E-state index contributed by atoms with van der Waals surface area (Å²) in [5.41, 5.74) is 6.22. The van der Waals surface area contributed by atoms with E-state index in [1.54, 1.807) is 36.9 Å². The Bertz CT molecular complexity index is 4010. The number of benzene rings is 7. The van der Waals surface area contributed by atoms with Crippen molar-refractivity contribution in [2.24, 2.45) is 46.3 Å². The minimum absolute atomic E-state index is 0.0723. The minimum atomic E-state index is -1.14. The Morgan fingerprint density at radius 2 is 1.32 bits per heavy atom. The van der Waals surface area contributed by atoms with Crippen molar-refractivity contribution in [1.82, 2.24) is 21.3 Å². The third kappa shape index (κ3) is 18.6. The van der Waals surface area contributed by atoms with Crippen LogP contribution in [-0.2, 0) is 47.2 Å². The predicted octanol–water partition coefficient (Wildman–Crippen LogP) is 17.1. The van der Waals surface area contributed by atoms with Gasteiger partial charge >= 0.3 is 6.16 Å². The maximum atomic E-state index is 15.1. The number of hydrogen-bond donors (Lipinski definition) is 5. The summed E-state index contributed by atoms with van der Waals surface area (Å²) in [6.45, 7) is 13.8. The molecule has 0 unspecified atom stereocenters. The Balaban J connectivity index is 0.716. The molecule has 10 atom stereocenters. The molecule has 11 rings (SSSR count). The van der Waals surface area contributed by atoms with Gasteiger partial charge in [0.2, 0.25) is 23.6 Å². The van der Waals surface area contributed by atoms with Gasteiger partial charge in [0.25, 0.3) is 5.69 Å². The fourth-order valence-electron chi connectivity index (χ4n) is 18.0. The average Bonchev–Trinajstić information content (AvgIpc) is 1.03. The lowest BCUT2D eigenvalue weighted by molar-refractivity contribution is -0.384. The lowest BCUT2D eigenvalue weighted by Crippen LogP contribution is -2.53. The number of unbranched alkanes of at least 4 members (excludes halogenated alkanes) is 1. The van der Waals surface area contributed by atoms with Crippen molar-refractivity contribution in [3.8, 4) is 11.5 Å². The first-order chi connectivity index (χ1) is 50.3. The molecule has 0 spiro atoms. The smallest absolute Gasteiger partial charge is 0.497 e. The van der Waals surface area contributed by atoms with E-state index < -0.39 is 46.4 Å². The number of amides is 4. The van der Waals surface area contributed by atoms with Gasteiger partial charge in [0.1, 0.15) is 30.2 Å². The van der Waals surface area contributed by atoms with Crippen molar-refractivity contribution in [1.29, 1.82) is 0 Å². The molecule has 17 heteroatoms. The number of non-ortho nitro benzene ring substituents is 1. The number of methoxy groups -OCH3 is 1. The molecule has 0 radical (unpaired) electrons. The van der Waals surface area contributed by atoms with E-state index >= 15 is 4.79 Å². The number of anilines is 1. The zero-order valence-corrected chi connectivity index (χ0v) is 61.5. The summed E-state index contributed by atoms with van der Waals surface area (Å²) in [6.07, 6.45) is 17.5. The van der Waals surface area contributed by atoms with E-state index in [1.807, 2.05) is 91.0 Å². The second-order valence-electron chi connectivity index (χ2n) is 30.5. The van der Waals surface area contributed by atoms with E-state index in [2.05, 4.69) is 104 Å². The molecule has 4 aliphatic rings. The first-order valence-electron chi connectivity index (χ1n) is 38.0. The van der Waals surface area contributed by atoms with E-state index in [0.717, 1.165) is 93.5 Å². The zero-order valence-electron chi connectivity index (χ0n) is 61.5. The Morgan fingerprint density at radius 1 is 0.635 bits per heavy atom. The van der Waals surface area contributed by atoms with E-state index in [1.165, 1.54) is 75.6 Å². The van der Waals surface area contributed by atoms with Crippen LogP contribution in [0.4, 0.5) is 16.2 Å². The lowest BCUT2D eigenvalue weighted by atomic mass is 9.47. The lowest BCUT2D eigenvalue weighted by Gasteiger charge is -2.58. The van der Waals surface area contributed by atoms with Crippen LogP contribution in [-0.4, -0.2) is 79.7 Å². The van der Waals surface area contributed by atoms with Crippen molar-refractivity contribution < 1.29 is 47.8 Å². The maximum absolute atomic E-state index is 15.1. The highest BCUT2D eigenvalue weighted by Crippen LogP contribution is 2.67. The van der Waals surface area contributed by atoms with Crippen molar-refractivity contribution in [3.63, 3.8) is 0 Å². The first kappa shape index (κ1) is 76.0. The van der Waals surface area contributed by atoms with E-state index in [4.69, 9.17) is 18.9 Å². The second kappa shape index (κ2) is 35.5. The monoisotopic (exact) mass is 1410 g/mol. The van der Waals surface area contributed by atoms with Crippen LogP contribution >= 0.6 is 0 Å². The van der Waals surface area contributed by atoms with E-state index in [0.29, 0.717) is 55.6 Å². The summed E-state index contributed by atoms with van der Waals surface area (Å²) < 4.78 is 22.6. The molecule has 4 amide bonds. The van der Waals surface area contributed by atoms with Crippen LogP contribution in [0, 0.1) is 56.5 Å². The summed E-state index contributed by atoms with van der Waals surface area (Å²) in [5, 5.41) is 28.9. The molecular formula is C87H106N6O11. The Labute approximate surface area is 614 Å². The second-order valence-corrected chi connectivity index (χ2v) is 30.5. The minimum Gasteiger partial charge on any atom is -0.497 e. The van der Waals surface area contributed by atoms with Gasteiger partial charge in [0, 0.05) is 50.2 Å². The molecule has 104 heavy (non-hydrogen) atoms. The average molecular weight is 1410 g/mol. The van der Waals surface area contributed by atoms with Crippen LogP contribution in [0.3, 0.4) is 0 Å². The standard InChI is InChI=1S/C87H106N6O11/c1-59(2)20-17-21-60(3)75-45-46-76-74-44-35-67-57-72(49-51-85(67,4)77(74)50-52-86(75,76)5)102-55-19-53-88-80(94)47-48-81(95)91-79(56-63-24-18-23-62-22-13-14-29-73(62)63)83(97)92-78(82(96)90-68-36-31-61(32-37-68)58-103-84(98)104-71-42-38-69(39-43-71)93(99)100)30-15-16-54-89-87(64-25-9-7-10-26-64,65-27-11-8-12-28-65)66-33-40-70(101-6)41-34-66/h7-14,18,22-29,31-43,59-60,72,74-79,89H,15-17,19-21,30,44-58H2,1-6H3,(H,88,94)(H,90,96)(H,91,95)(H,92,97)/t60-,72+,74+,75-,76+,77+,78+,79+,85+,86-/m1/s1. The van der Waals surface area contributed by atoms with E-state index in [9.17, 15) is 29.3 Å². The number of nitro benzene ring substituents is 1. The fraction of sp³-hybridized carbons (Fsp3) is 0.460. The SMILES string of the molecule is COc1ccc(C(NCCCC[C@H](NC(=O)[C@H](Cc2cccc3ccccc23)NC(=O)CCC(=O)NCCCO[C@H]2CC[C@@]3(C)C(=CC[C@H]4[C@@H]5CC[C@H]([C@H](C)CCCC(C)C)[C@@]5(C)CC[C@@H]43)C2)C(=O)Nc2ccc(COC(=O)Oc3ccc([N+](=O)[O-])cc3)cc2)(c2ccccc2)c2ccccc2)cc1. The van der Waals surface area contributed by atoms with E-state index in [-0.39, 0.29) is 61.2 Å². The molecule has 0 bridgehead atoms. The van der Waals surface area contributed by atoms with Gasteiger partial charge in [-0.2, -0.15) is 0 Å². The molecule has 0 aliphatic heterocycles. The molecule has 5 N–H and O–H groups in total. The molecule has 7 aromatic carbocycles. The van der Waals surface area contributed by atoms with Crippen molar-refractivity contribution in [3.05, 3.63) is 226 Å². The number of carbonyl (C=O) groups excluding carboxylic acids is 5. The molecule has 7 aromatic rings. The highest BCUT2D eigenvalue weighted by atomic mass is 16.7.